The van der Waals surface area contributed by atoms with Crippen molar-refractivity contribution in [1.29, 1.82) is 0 Å². The highest BCUT2D eigenvalue weighted by Crippen LogP contribution is 2.22. The third-order valence-electron chi connectivity index (χ3n) is 2.74. The molecule has 18 heavy (non-hydrogen) atoms. The molecule has 0 aromatic carbocycles. The number of aromatic nitrogens is 2. The first kappa shape index (κ1) is 13.0. The summed E-state index contributed by atoms with van der Waals surface area (Å²) in [6, 6.07) is 5.97. The molecule has 2 aromatic heterocycles. The highest BCUT2D eigenvalue weighted by atomic mass is 32.1. The molecule has 1 atom stereocenters. The summed E-state index contributed by atoms with van der Waals surface area (Å²) in [4.78, 5) is 10.9. The summed E-state index contributed by atoms with van der Waals surface area (Å²) in [5.74, 6) is 0.552. The van der Waals surface area contributed by atoms with Crippen LogP contribution in [0.4, 0.5) is 0 Å². The summed E-state index contributed by atoms with van der Waals surface area (Å²) in [7, 11) is 1.59. The van der Waals surface area contributed by atoms with Gasteiger partial charge in [-0.2, -0.15) is 0 Å². The van der Waals surface area contributed by atoms with Gasteiger partial charge in [0.1, 0.15) is 6.33 Å². The molecule has 0 aliphatic heterocycles. The lowest BCUT2D eigenvalue weighted by molar-refractivity contribution is 0.395. The minimum absolute atomic E-state index is 0.120. The molecule has 2 rings (SSSR count). The number of methoxy groups -OCH3 is 1. The van der Waals surface area contributed by atoms with Crippen LogP contribution < -0.4 is 10.5 Å². The summed E-state index contributed by atoms with van der Waals surface area (Å²) in [5, 5.41) is 0. The van der Waals surface area contributed by atoms with Gasteiger partial charge in [0.25, 0.3) is 0 Å². The molecule has 1 unspecified atom stereocenters. The Morgan fingerprint density at radius 2 is 2.11 bits per heavy atom. The Kier molecular flexibility index (Phi) is 4.28. The minimum Gasteiger partial charge on any atom is -0.481 e. The fraction of sp³-hybridized carbons (Fsp3) is 0.385. The molecule has 0 radical (unpaired) electrons. The molecule has 0 fully saturated rings. The zero-order chi connectivity index (χ0) is 13.0. The van der Waals surface area contributed by atoms with Gasteiger partial charge in [-0.25, -0.2) is 9.97 Å². The van der Waals surface area contributed by atoms with Crippen molar-refractivity contribution in [1.82, 2.24) is 9.97 Å². The maximum atomic E-state index is 6.16. The average molecular weight is 263 g/mol. The number of rotatable bonds is 5. The number of aryl methyl sites for hydroxylation is 1. The van der Waals surface area contributed by atoms with Crippen LogP contribution in [0.5, 0.6) is 5.88 Å². The van der Waals surface area contributed by atoms with Crippen molar-refractivity contribution in [3.05, 3.63) is 40.0 Å². The van der Waals surface area contributed by atoms with E-state index >= 15 is 0 Å². The van der Waals surface area contributed by atoms with Crippen molar-refractivity contribution in [2.75, 3.05) is 7.11 Å². The lowest BCUT2D eigenvalue weighted by atomic mass is 10.1. The van der Waals surface area contributed by atoms with Gasteiger partial charge in [0.2, 0.25) is 5.88 Å². The van der Waals surface area contributed by atoms with E-state index in [0.29, 0.717) is 5.88 Å². The van der Waals surface area contributed by atoms with E-state index < -0.39 is 0 Å². The van der Waals surface area contributed by atoms with Crippen LogP contribution >= 0.6 is 11.3 Å². The molecule has 0 saturated carbocycles. The molecule has 0 saturated heterocycles. The lowest BCUT2D eigenvalue weighted by Crippen LogP contribution is -2.14. The van der Waals surface area contributed by atoms with Gasteiger partial charge in [-0.05, 0) is 18.6 Å². The predicted octanol–water partition coefficient (Wildman–Crippen LogP) is 2.35. The van der Waals surface area contributed by atoms with Crippen molar-refractivity contribution in [3.63, 3.8) is 0 Å². The van der Waals surface area contributed by atoms with Crippen LogP contribution in [0.25, 0.3) is 0 Å². The first-order valence-electron chi connectivity index (χ1n) is 5.92. The summed E-state index contributed by atoms with van der Waals surface area (Å²) < 4.78 is 5.07. The zero-order valence-corrected chi connectivity index (χ0v) is 11.4. The molecule has 2 heterocycles. The molecule has 5 heteroatoms. The number of nitrogens with zero attached hydrogens (tertiary/aromatic N) is 2. The van der Waals surface area contributed by atoms with Crippen molar-refractivity contribution in [3.8, 4) is 5.88 Å². The van der Waals surface area contributed by atoms with E-state index in [4.69, 9.17) is 10.5 Å². The van der Waals surface area contributed by atoms with Gasteiger partial charge in [0.05, 0.1) is 18.8 Å². The van der Waals surface area contributed by atoms with E-state index in [2.05, 4.69) is 29.0 Å². The van der Waals surface area contributed by atoms with Gasteiger partial charge in [-0.1, -0.05) is 6.92 Å². The zero-order valence-electron chi connectivity index (χ0n) is 10.6. The number of hydrogen-bond donors (Lipinski definition) is 1. The molecule has 4 nitrogen and oxygen atoms in total. The quantitative estimate of drug-likeness (QED) is 0.899. The maximum Gasteiger partial charge on any atom is 0.216 e. The van der Waals surface area contributed by atoms with E-state index in [1.165, 1.54) is 16.1 Å². The second-order valence-electron chi connectivity index (χ2n) is 4.02. The monoisotopic (exact) mass is 263 g/mol. The Balaban J connectivity index is 2.08. The van der Waals surface area contributed by atoms with E-state index in [-0.39, 0.29) is 6.04 Å². The van der Waals surface area contributed by atoms with Gasteiger partial charge in [0.15, 0.2) is 0 Å². The molecule has 0 bridgehead atoms. The van der Waals surface area contributed by atoms with Crippen LogP contribution in [0.1, 0.15) is 28.4 Å². The van der Waals surface area contributed by atoms with Gasteiger partial charge in [-0.3, -0.25) is 0 Å². The number of ether oxygens (including phenoxy) is 1. The Morgan fingerprint density at radius 3 is 2.78 bits per heavy atom. The standard InChI is InChI=1S/C13H17N3OS/c1-3-9-4-5-10(18-9)6-11(14)12-7-13(17-2)16-8-15-12/h4-5,7-8,11H,3,6,14H2,1-2H3. The second kappa shape index (κ2) is 5.93. The van der Waals surface area contributed by atoms with Crippen LogP contribution in [0.15, 0.2) is 24.5 Å². The third-order valence-corrected chi connectivity index (χ3v) is 3.99. The van der Waals surface area contributed by atoms with Crippen molar-refractivity contribution < 1.29 is 4.74 Å². The van der Waals surface area contributed by atoms with Crippen molar-refractivity contribution in [2.45, 2.75) is 25.8 Å². The predicted molar refractivity (Wildman–Crippen MR) is 72.9 cm³/mol. The Morgan fingerprint density at radius 1 is 1.33 bits per heavy atom. The Labute approximate surface area is 111 Å². The molecule has 0 aliphatic rings. The third kappa shape index (κ3) is 3.05. The molecule has 96 valence electrons. The largest absolute Gasteiger partial charge is 0.481 e. The molecular weight excluding hydrogens is 246 g/mol. The number of hydrogen-bond acceptors (Lipinski definition) is 5. The van der Waals surface area contributed by atoms with Crippen LogP contribution in [-0.2, 0) is 12.8 Å². The molecule has 0 aliphatic carbocycles. The second-order valence-corrected chi connectivity index (χ2v) is 5.27. The molecule has 2 aromatic rings. The Hall–Kier alpha value is -1.46. The Bertz CT molecular complexity index is 512. The molecule has 0 amide bonds. The fourth-order valence-corrected chi connectivity index (χ4v) is 2.73. The fourth-order valence-electron chi connectivity index (χ4n) is 1.71. The summed E-state index contributed by atoms with van der Waals surface area (Å²) in [6.07, 6.45) is 3.35. The topological polar surface area (TPSA) is 61.0 Å². The van der Waals surface area contributed by atoms with Crippen LogP contribution in [-0.4, -0.2) is 17.1 Å². The van der Waals surface area contributed by atoms with E-state index in [9.17, 15) is 0 Å². The lowest BCUT2D eigenvalue weighted by Gasteiger charge is -2.10. The minimum atomic E-state index is -0.120. The van der Waals surface area contributed by atoms with E-state index in [1.54, 1.807) is 13.2 Å². The number of thiophene rings is 1. The van der Waals surface area contributed by atoms with Crippen LogP contribution in [0.3, 0.4) is 0 Å². The highest BCUT2D eigenvalue weighted by Gasteiger charge is 2.11. The molecule has 2 N–H and O–H groups in total. The van der Waals surface area contributed by atoms with Crippen molar-refractivity contribution in [2.24, 2.45) is 5.73 Å². The van der Waals surface area contributed by atoms with E-state index in [0.717, 1.165) is 18.5 Å². The van der Waals surface area contributed by atoms with Gasteiger partial charge < -0.3 is 10.5 Å². The van der Waals surface area contributed by atoms with Crippen LogP contribution in [0, 0.1) is 0 Å². The van der Waals surface area contributed by atoms with Gasteiger partial charge >= 0.3 is 0 Å². The summed E-state index contributed by atoms with van der Waals surface area (Å²) in [5.41, 5.74) is 6.98. The van der Waals surface area contributed by atoms with E-state index in [1.807, 2.05) is 11.3 Å². The first-order chi connectivity index (χ1) is 8.72. The molecular formula is C13H17N3OS. The average Bonchev–Trinajstić information content (AvgIpc) is 2.86. The molecule has 0 spiro atoms. The highest BCUT2D eigenvalue weighted by molar-refractivity contribution is 7.11. The van der Waals surface area contributed by atoms with Crippen LogP contribution in [0.2, 0.25) is 0 Å². The van der Waals surface area contributed by atoms with Crippen molar-refractivity contribution >= 4 is 11.3 Å². The van der Waals surface area contributed by atoms with Gasteiger partial charge in [0, 0.05) is 22.2 Å². The maximum absolute atomic E-state index is 6.16. The smallest absolute Gasteiger partial charge is 0.216 e. The summed E-state index contributed by atoms with van der Waals surface area (Å²) >= 11 is 1.81. The van der Waals surface area contributed by atoms with Gasteiger partial charge in [-0.15, -0.1) is 11.3 Å². The number of nitrogens with two attached hydrogens (primary N) is 1. The summed E-state index contributed by atoms with van der Waals surface area (Å²) in [6.45, 7) is 2.16. The first-order valence-corrected chi connectivity index (χ1v) is 6.73. The normalized spacial score (nSPS) is 12.4. The SMILES string of the molecule is CCc1ccc(CC(N)c2cc(OC)ncn2)s1.